The molecule has 3 aliphatic rings. The van der Waals surface area contributed by atoms with E-state index in [0.717, 1.165) is 70.1 Å². The predicted octanol–water partition coefficient (Wildman–Crippen LogP) is 1.84. The van der Waals surface area contributed by atoms with Crippen LogP contribution >= 0.6 is 11.3 Å². The number of hydrogen-bond acceptors (Lipinski definition) is 5. The Labute approximate surface area is 141 Å². The van der Waals surface area contributed by atoms with Crippen LogP contribution in [0.5, 0.6) is 0 Å². The summed E-state index contributed by atoms with van der Waals surface area (Å²) in [4.78, 5) is 17.8. The summed E-state index contributed by atoms with van der Waals surface area (Å²) in [5.74, 6) is 0.178. The Morgan fingerprint density at radius 1 is 1.22 bits per heavy atom. The van der Waals surface area contributed by atoms with Gasteiger partial charge in [0.1, 0.15) is 0 Å². The lowest BCUT2D eigenvalue weighted by atomic mass is 9.87. The van der Waals surface area contributed by atoms with Crippen LogP contribution < -0.4 is 0 Å². The summed E-state index contributed by atoms with van der Waals surface area (Å²) in [6.45, 7) is 6.18. The van der Waals surface area contributed by atoms with E-state index in [4.69, 9.17) is 9.47 Å². The largest absolute Gasteiger partial charge is 0.379 e. The molecule has 6 heteroatoms. The number of morpholine rings is 1. The van der Waals surface area contributed by atoms with Crippen LogP contribution in [0.4, 0.5) is 0 Å². The Balaban J connectivity index is 1.33. The first-order chi connectivity index (χ1) is 11.3. The molecule has 1 aromatic heterocycles. The fourth-order valence-electron chi connectivity index (χ4n) is 4.02. The van der Waals surface area contributed by atoms with Crippen LogP contribution in [0, 0.1) is 0 Å². The molecule has 3 saturated heterocycles. The molecule has 0 saturated carbocycles. The van der Waals surface area contributed by atoms with Crippen molar-refractivity contribution in [1.29, 1.82) is 0 Å². The van der Waals surface area contributed by atoms with Crippen LogP contribution in [0.15, 0.2) is 17.5 Å². The number of thiophene rings is 1. The zero-order valence-electron chi connectivity index (χ0n) is 13.4. The van der Waals surface area contributed by atoms with Crippen molar-refractivity contribution in [3.8, 4) is 0 Å². The van der Waals surface area contributed by atoms with E-state index in [0.29, 0.717) is 6.04 Å². The summed E-state index contributed by atoms with van der Waals surface area (Å²) in [5, 5.41) is 1.96. The Morgan fingerprint density at radius 2 is 2.00 bits per heavy atom. The van der Waals surface area contributed by atoms with Gasteiger partial charge in [0.05, 0.1) is 30.3 Å². The lowest BCUT2D eigenvalue weighted by Gasteiger charge is -2.39. The van der Waals surface area contributed by atoms with Gasteiger partial charge < -0.3 is 14.4 Å². The minimum absolute atomic E-state index is 0.00476. The first kappa shape index (κ1) is 15.6. The van der Waals surface area contributed by atoms with E-state index in [1.807, 2.05) is 22.4 Å². The van der Waals surface area contributed by atoms with E-state index in [2.05, 4.69) is 4.90 Å². The van der Waals surface area contributed by atoms with Crippen molar-refractivity contribution in [2.45, 2.75) is 30.9 Å². The number of ether oxygens (including phenoxy) is 2. The summed E-state index contributed by atoms with van der Waals surface area (Å²) >= 11 is 1.53. The number of nitrogens with zero attached hydrogens (tertiary/aromatic N) is 2. The van der Waals surface area contributed by atoms with Gasteiger partial charge >= 0.3 is 0 Å². The minimum Gasteiger partial charge on any atom is -0.379 e. The van der Waals surface area contributed by atoms with Gasteiger partial charge in [-0.1, -0.05) is 6.07 Å². The second-order valence-electron chi connectivity index (χ2n) is 6.77. The van der Waals surface area contributed by atoms with E-state index in [-0.39, 0.29) is 11.5 Å². The molecule has 0 unspecified atom stereocenters. The molecule has 126 valence electrons. The third-order valence-corrected chi connectivity index (χ3v) is 6.30. The van der Waals surface area contributed by atoms with E-state index < -0.39 is 0 Å². The molecule has 0 aliphatic carbocycles. The normalized spacial score (nSPS) is 28.3. The van der Waals surface area contributed by atoms with Crippen LogP contribution in [-0.4, -0.2) is 73.3 Å². The Kier molecular flexibility index (Phi) is 4.41. The van der Waals surface area contributed by atoms with Gasteiger partial charge in [-0.15, -0.1) is 11.3 Å². The van der Waals surface area contributed by atoms with Crippen molar-refractivity contribution >= 4 is 17.2 Å². The summed E-state index contributed by atoms with van der Waals surface area (Å²) in [7, 11) is 0. The lowest BCUT2D eigenvalue weighted by molar-refractivity contribution is -0.0400. The molecular formula is C17H24N2O3S. The molecule has 1 atom stereocenters. The first-order valence-electron chi connectivity index (χ1n) is 8.54. The Morgan fingerprint density at radius 3 is 2.70 bits per heavy atom. The van der Waals surface area contributed by atoms with Crippen molar-refractivity contribution in [1.82, 2.24) is 9.80 Å². The molecule has 23 heavy (non-hydrogen) atoms. The average Bonchev–Trinajstić information content (AvgIpc) is 3.26. The van der Waals surface area contributed by atoms with Crippen LogP contribution in [0.1, 0.15) is 28.9 Å². The molecule has 0 N–H and O–H groups in total. The number of carbonyl (C=O) groups is 1. The number of hydrogen-bond donors (Lipinski definition) is 0. The van der Waals surface area contributed by atoms with Crippen molar-refractivity contribution < 1.29 is 14.3 Å². The van der Waals surface area contributed by atoms with Gasteiger partial charge in [-0.25, -0.2) is 0 Å². The summed E-state index contributed by atoms with van der Waals surface area (Å²) in [6.07, 6.45) is 3.03. The number of piperidine rings is 1. The predicted molar refractivity (Wildman–Crippen MR) is 88.9 cm³/mol. The quantitative estimate of drug-likeness (QED) is 0.826. The molecule has 0 aromatic carbocycles. The SMILES string of the molecule is O=C(c1cccs1)N1CCC2(CC1)C[C@@H](N1CCOCC1)CO2. The molecule has 1 aromatic rings. The molecule has 0 bridgehead atoms. The molecule has 3 fully saturated rings. The fraction of sp³-hybridized carbons (Fsp3) is 0.706. The van der Waals surface area contributed by atoms with Crippen LogP contribution in [0.2, 0.25) is 0 Å². The van der Waals surface area contributed by atoms with Crippen LogP contribution in [-0.2, 0) is 9.47 Å². The van der Waals surface area contributed by atoms with Crippen molar-refractivity contribution in [2.75, 3.05) is 46.0 Å². The molecule has 5 nitrogen and oxygen atoms in total. The van der Waals surface area contributed by atoms with Gasteiger partial charge in [-0.2, -0.15) is 0 Å². The lowest BCUT2D eigenvalue weighted by Crippen LogP contribution is -2.48. The molecule has 1 spiro atoms. The van der Waals surface area contributed by atoms with Crippen LogP contribution in [0.25, 0.3) is 0 Å². The highest BCUT2D eigenvalue weighted by Crippen LogP contribution is 2.38. The van der Waals surface area contributed by atoms with E-state index >= 15 is 0 Å². The fourth-order valence-corrected chi connectivity index (χ4v) is 4.71. The van der Waals surface area contributed by atoms with Gasteiger partial charge in [0.15, 0.2) is 0 Å². The molecule has 4 heterocycles. The van der Waals surface area contributed by atoms with Gasteiger partial charge in [0, 0.05) is 32.2 Å². The maximum absolute atomic E-state index is 12.4. The zero-order chi connectivity index (χ0) is 15.7. The molecule has 4 rings (SSSR count). The monoisotopic (exact) mass is 336 g/mol. The zero-order valence-corrected chi connectivity index (χ0v) is 14.2. The summed E-state index contributed by atoms with van der Waals surface area (Å²) < 4.78 is 11.7. The third kappa shape index (κ3) is 3.18. The third-order valence-electron chi connectivity index (χ3n) is 5.45. The minimum atomic E-state index is -0.00476. The molecule has 0 radical (unpaired) electrons. The summed E-state index contributed by atoms with van der Waals surface area (Å²) in [6, 6.07) is 4.38. The van der Waals surface area contributed by atoms with E-state index in [1.54, 1.807) is 0 Å². The maximum atomic E-state index is 12.4. The van der Waals surface area contributed by atoms with Gasteiger partial charge in [0.2, 0.25) is 0 Å². The van der Waals surface area contributed by atoms with Gasteiger partial charge in [0.25, 0.3) is 5.91 Å². The highest BCUT2D eigenvalue weighted by Gasteiger charge is 2.45. The Bertz CT molecular complexity index is 534. The second kappa shape index (κ2) is 6.51. The number of carbonyl (C=O) groups excluding carboxylic acids is 1. The Hall–Kier alpha value is -0.950. The van der Waals surface area contributed by atoms with Crippen molar-refractivity contribution in [3.05, 3.63) is 22.4 Å². The van der Waals surface area contributed by atoms with Gasteiger partial charge in [-0.3, -0.25) is 9.69 Å². The summed E-state index contributed by atoms with van der Waals surface area (Å²) in [5.41, 5.74) is -0.00476. The number of likely N-dealkylation sites (tertiary alicyclic amines) is 1. The molecular weight excluding hydrogens is 312 g/mol. The van der Waals surface area contributed by atoms with Crippen molar-refractivity contribution in [2.24, 2.45) is 0 Å². The van der Waals surface area contributed by atoms with Gasteiger partial charge in [-0.05, 0) is 30.7 Å². The topological polar surface area (TPSA) is 42.0 Å². The van der Waals surface area contributed by atoms with E-state index in [9.17, 15) is 4.79 Å². The van der Waals surface area contributed by atoms with Crippen molar-refractivity contribution in [3.63, 3.8) is 0 Å². The average molecular weight is 336 g/mol. The second-order valence-corrected chi connectivity index (χ2v) is 7.72. The highest BCUT2D eigenvalue weighted by atomic mass is 32.1. The standard InChI is InChI=1S/C17H24N2O3S/c20-16(15-2-1-11-23-15)19-5-3-17(4-6-19)12-14(13-22-17)18-7-9-21-10-8-18/h1-2,11,14H,3-10,12-13H2/t14-/m1/s1. The first-order valence-corrected chi connectivity index (χ1v) is 9.42. The number of amides is 1. The maximum Gasteiger partial charge on any atom is 0.263 e. The van der Waals surface area contributed by atoms with E-state index in [1.165, 1.54) is 11.3 Å². The highest BCUT2D eigenvalue weighted by molar-refractivity contribution is 7.12. The smallest absolute Gasteiger partial charge is 0.263 e. The van der Waals surface area contributed by atoms with Crippen LogP contribution in [0.3, 0.4) is 0 Å². The number of rotatable bonds is 2. The molecule has 1 amide bonds. The molecule has 3 aliphatic heterocycles.